The SMILES string of the molecule is CC(C)N(CCCBr)CC1CCCc2ccccc21. The Hall–Kier alpha value is -0.340. The minimum Gasteiger partial charge on any atom is -0.300 e. The van der Waals surface area contributed by atoms with Gasteiger partial charge in [-0.25, -0.2) is 0 Å². The second-order valence-electron chi connectivity index (χ2n) is 5.92. The zero-order valence-corrected chi connectivity index (χ0v) is 13.8. The minimum atomic E-state index is 0.646. The van der Waals surface area contributed by atoms with Crippen molar-refractivity contribution in [3.8, 4) is 0 Å². The van der Waals surface area contributed by atoms with Crippen LogP contribution < -0.4 is 0 Å². The van der Waals surface area contributed by atoms with Gasteiger partial charge < -0.3 is 4.90 Å². The highest BCUT2D eigenvalue weighted by Crippen LogP contribution is 2.32. The molecule has 1 unspecified atom stereocenters. The fourth-order valence-corrected chi connectivity index (χ4v) is 3.40. The molecular weight excluding hydrogens is 298 g/mol. The van der Waals surface area contributed by atoms with Gasteiger partial charge in [0.2, 0.25) is 0 Å². The summed E-state index contributed by atoms with van der Waals surface area (Å²) in [7, 11) is 0. The van der Waals surface area contributed by atoms with E-state index in [4.69, 9.17) is 0 Å². The summed E-state index contributed by atoms with van der Waals surface area (Å²) in [6.45, 7) is 7.08. The zero-order chi connectivity index (χ0) is 13.7. The average molecular weight is 324 g/mol. The lowest BCUT2D eigenvalue weighted by Crippen LogP contribution is -2.36. The maximum Gasteiger partial charge on any atom is 0.00531 e. The van der Waals surface area contributed by atoms with Crippen LogP contribution in [0.2, 0.25) is 0 Å². The predicted octanol–water partition coefficient (Wildman–Crippen LogP) is 4.60. The molecule has 1 aliphatic rings. The van der Waals surface area contributed by atoms with Crippen molar-refractivity contribution in [2.75, 3.05) is 18.4 Å². The molecule has 19 heavy (non-hydrogen) atoms. The minimum absolute atomic E-state index is 0.646. The monoisotopic (exact) mass is 323 g/mol. The fourth-order valence-electron chi connectivity index (χ4n) is 3.15. The van der Waals surface area contributed by atoms with Crippen LogP contribution in [-0.2, 0) is 6.42 Å². The molecule has 1 atom stereocenters. The van der Waals surface area contributed by atoms with E-state index in [1.54, 1.807) is 11.1 Å². The summed E-state index contributed by atoms with van der Waals surface area (Å²) in [6.07, 6.45) is 5.23. The summed E-state index contributed by atoms with van der Waals surface area (Å²) >= 11 is 3.55. The number of hydrogen-bond donors (Lipinski definition) is 0. The Morgan fingerprint density at radius 3 is 2.84 bits per heavy atom. The van der Waals surface area contributed by atoms with Gasteiger partial charge in [-0.2, -0.15) is 0 Å². The number of alkyl halides is 1. The molecule has 0 fully saturated rings. The van der Waals surface area contributed by atoms with Crippen molar-refractivity contribution in [2.45, 2.75) is 51.5 Å². The van der Waals surface area contributed by atoms with Crippen LogP contribution in [0.15, 0.2) is 24.3 Å². The van der Waals surface area contributed by atoms with Gasteiger partial charge in [0.15, 0.2) is 0 Å². The number of aryl methyl sites for hydroxylation is 1. The molecule has 1 nitrogen and oxygen atoms in total. The Bertz CT molecular complexity index is 389. The molecule has 1 aromatic carbocycles. The van der Waals surface area contributed by atoms with Gasteiger partial charge in [-0.3, -0.25) is 0 Å². The van der Waals surface area contributed by atoms with Crippen LogP contribution >= 0.6 is 15.9 Å². The van der Waals surface area contributed by atoms with E-state index < -0.39 is 0 Å². The third kappa shape index (κ3) is 4.06. The maximum atomic E-state index is 3.55. The molecule has 106 valence electrons. The highest BCUT2D eigenvalue weighted by molar-refractivity contribution is 9.09. The van der Waals surface area contributed by atoms with Crippen LogP contribution in [0.25, 0.3) is 0 Å². The van der Waals surface area contributed by atoms with Gasteiger partial charge in [-0.05, 0) is 63.1 Å². The van der Waals surface area contributed by atoms with Crippen LogP contribution in [-0.4, -0.2) is 29.4 Å². The standard InChI is InChI=1S/C17H26BrN/c1-14(2)19(12-6-11-18)13-16-9-5-8-15-7-3-4-10-17(15)16/h3-4,7,10,14,16H,5-6,8-9,11-13H2,1-2H3. The summed E-state index contributed by atoms with van der Waals surface area (Å²) in [4.78, 5) is 2.65. The maximum absolute atomic E-state index is 3.55. The Labute approximate surface area is 126 Å². The van der Waals surface area contributed by atoms with Crippen molar-refractivity contribution >= 4 is 15.9 Å². The van der Waals surface area contributed by atoms with E-state index in [0.29, 0.717) is 6.04 Å². The van der Waals surface area contributed by atoms with Crippen molar-refractivity contribution in [2.24, 2.45) is 0 Å². The van der Waals surface area contributed by atoms with Crippen molar-refractivity contribution in [3.63, 3.8) is 0 Å². The predicted molar refractivity (Wildman–Crippen MR) is 87.2 cm³/mol. The average Bonchev–Trinajstić information content (AvgIpc) is 2.43. The molecule has 0 saturated heterocycles. The van der Waals surface area contributed by atoms with Crippen LogP contribution in [0.4, 0.5) is 0 Å². The molecule has 0 N–H and O–H groups in total. The van der Waals surface area contributed by atoms with Gasteiger partial charge in [0, 0.05) is 17.9 Å². The molecule has 0 aliphatic heterocycles. The fraction of sp³-hybridized carbons (Fsp3) is 0.647. The third-order valence-corrected chi connectivity index (χ3v) is 4.82. The lowest BCUT2D eigenvalue weighted by Gasteiger charge is -2.33. The first-order chi connectivity index (χ1) is 9.22. The van der Waals surface area contributed by atoms with E-state index in [2.05, 4.69) is 58.9 Å². The van der Waals surface area contributed by atoms with Crippen molar-refractivity contribution in [1.29, 1.82) is 0 Å². The van der Waals surface area contributed by atoms with E-state index in [-0.39, 0.29) is 0 Å². The molecule has 0 heterocycles. The Morgan fingerprint density at radius 2 is 2.11 bits per heavy atom. The number of rotatable bonds is 6. The van der Waals surface area contributed by atoms with Crippen LogP contribution in [0.1, 0.15) is 50.2 Å². The van der Waals surface area contributed by atoms with Crippen LogP contribution in [0, 0.1) is 0 Å². The lowest BCUT2D eigenvalue weighted by atomic mass is 9.82. The molecule has 1 aromatic rings. The topological polar surface area (TPSA) is 3.24 Å². The number of fused-ring (bicyclic) bond motifs is 1. The summed E-state index contributed by atoms with van der Waals surface area (Å²) in [5.74, 6) is 0.739. The van der Waals surface area contributed by atoms with E-state index in [1.807, 2.05) is 0 Å². The summed E-state index contributed by atoms with van der Waals surface area (Å²) in [5.41, 5.74) is 3.20. The van der Waals surface area contributed by atoms with E-state index in [1.165, 1.54) is 38.8 Å². The molecule has 0 spiro atoms. The van der Waals surface area contributed by atoms with Gasteiger partial charge in [-0.1, -0.05) is 40.2 Å². The first-order valence-corrected chi connectivity index (χ1v) is 8.72. The van der Waals surface area contributed by atoms with Crippen LogP contribution in [0.3, 0.4) is 0 Å². The first kappa shape index (κ1) is 15.1. The Morgan fingerprint density at radius 1 is 1.32 bits per heavy atom. The molecule has 0 aromatic heterocycles. The quantitative estimate of drug-likeness (QED) is 0.691. The smallest absolute Gasteiger partial charge is 0.00531 e. The van der Waals surface area contributed by atoms with Gasteiger partial charge >= 0.3 is 0 Å². The van der Waals surface area contributed by atoms with Crippen molar-refractivity contribution < 1.29 is 0 Å². The molecule has 2 heteroatoms. The Kier molecular flexibility index (Phi) is 5.90. The Balaban J connectivity index is 2.05. The molecule has 2 rings (SSSR count). The van der Waals surface area contributed by atoms with Gasteiger partial charge in [-0.15, -0.1) is 0 Å². The second-order valence-corrected chi connectivity index (χ2v) is 6.71. The second kappa shape index (κ2) is 7.44. The summed E-state index contributed by atoms with van der Waals surface area (Å²) in [5, 5.41) is 1.11. The normalized spacial score (nSPS) is 18.9. The lowest BCUT2D eigenvalue weighted by molar-refractivity contribution is 0.202. The molecule has 1 aliphatic carbocycles. The zero-order valence-electron chi connectivity index (χ0n) is 12.2. The van der Waals surface area contributed by atoms with Gasteiger partial charge in [0.05, 0.1) is 0 Å². The molecule has 0 bridgehead atoms. The van der Waals surface area contributed by atoms with E-state index >= 15 is 0 Å². The number of nitrogens with zero attached hydrogens (tertiary/aromatic N) is 1. The number of hydrogen-bond acceptors (Lipinski definition) is 1. The van der Waals surface area contributed by atoms with E-state index in [9.17, 15) is 0 Å². The van der Waals surface area contributed by atoms with Crippen molar-refractivity contribution in [1.82, 2.24) is 4.90 Å². The van der Waals surface area contributed by atoms with Crippen LogP contribution in [0.5, 0.6) is 0 Å². The van der Waals surface area contributed by atoms with Gasteiger partial charge in [0.25, 0.3) is 0 Å². The van der Waals surface area contributed by atoms with Gasteiger partial charge in [0.1, 0.15) is 0 Å². The van der Waals surface area contributed by atoms with E-state index in [0.717, 1.165) is 11.2 Å². The first-order valence-electron chi connectivity index (χ1n) is 7.60. The summed E-state index contributed by atoms with van der Waals surface area (Å²) < 4.78 is 0. The highest BCUT2D eigenvalue weighted by atomic mass is 79.9. The summed E-state index contributed by atoms with van der Waals surface area (Å²) in [6, 6.07) is 9.71. The highest BCUT2D eigenvalue weighted by Gasteiger charge is 2.22. The molecule has 0 radical (unpaired) electrons. The molecular formula is C17H26BrN. The number of benzene rings is 1. The third-order valence-electron chi connectivity index (χ3n) is 4.26. The molecule has 0 saturated carbocycles. The molecule has 0 amide bonds. The number of halogens is 1. The largest absolute Gasteiger partial charge is 0.300 e. The van der Waals surface area contributed by atoms with Crippen molar-refractivity contribution in [3.05, 3.63) is 35.4 Å².